The van der Waals surface area contributed by atoms with Crippen LogP contribution in [0, 0.1) is 0 Å². The van der Waals surface area contributed by atoms with Gasteiger partial charge in [-0.25, -0.2) is 4.08 Å². The zero-order valence-electron chi connectivity index (χ0n) is 5.48. The van der Waals surface area contributed by atoms with Gasteiger partial charge < -0.3 is 4.89 Å². The van der Waals surface area contributed by atoms with E-state index in [9.17, 15) is 4.89 Å². The van der Waals surface area contributed by atoms with Crippen molar-refractivity contribution in [3.63, 3.8) is 0 Å². The van der Waals surface area contributed by atoms with E-state index in [0.29, 0.717) is 5.30 Å². The standard InChI is InChI=1S/C6H6ClO2PS/c7-9-10(8,11)6-4-2-1-3-5-6/h1-5H,(H,8,11). The molecule has 11 heavy (non-hydrogen) atoms. The highest BCUT2D eigenvalue weighted by Gasteiger charge is 2.15. The topological polar surface area (TPSA) is 29.5 Å². The van der Waals surface area contributed by atoms with Crippen LogP contribution in [0.3, 0.4) is 0 Å². The molecule has 0 spiro atoms. The molecule has 0 saturated heterocycles. The maximum absolute atomic E-state index is 9.37. The summed E-state index contributed by atoms with van der Waals surface area (Å²) in [4.78, 5) is 9.37. The zero-order chi connectivity index (χ0) is 8.32. The van der Waals surface area contributed by atoms with E-state index < -0.39 is 6.49 Å². The van der Waals surface area contributed by atoms with Crippen molar-refractivity contribution in [2.24, 2.45) is 0 Å². The first-order valence-corrected chi connectivity index (χ1v) is 5.84. The van der Waals surface area contributed by atoms with Gasteiger partial charge in [0.25, 0.3) is 0 Å². The molecule has 0 saturated carbocycles. The molecule has 5 heteroatoms. The van der Waals surface area contributed by atoms with Crippen molar-refractivity contribution in [1.82, 2.24) is 0 Å². The molecule has 1 atom stereocenters. The van der Waals surface area contributed by atoms with Gasteiger partial charge in [-0.05, 0) is 23.9 Å². The van der Waals surface area contributed by atoms with Crippen LogP contribution in [-0.2, 0) is 15.9 Å². The smallest absolute Gasteiger partial charge is 0.235 e. The van der Waals surface area contributed by atoms with E-state index in [0.717, 1.165) is 0 Å². The zero-order valence-corrected chi connectivity index (χ0v) is 7.94. The molecule has 0 fully saturated rings. The van der Waals surface area contributed by atoms with Crippen LogP contribution in [0.25, 0.3) is 0 Å². The van der Waals surface area contributed by atoms with Crippen LogP contribution in [0.4, 0.5) is 0 Å². The molecule has 60 valence electrons. The Morgan fingerprint density at radius 1 is 1.36 bits per heavy atom. The number of hydrogen-bond donors (Lipinski definition) is 1. The van der Waals surface area contributed by atoms with E-state index >= 15 is 0 Å². The third kappa shape index (κ3) is 2.26. The van der Waals surface area contributed by atoms with Gasteiger partial charge in [-0.1, -0.05) is 18.2 Å². The maximum atomic E-state index is 9.37. The molecule has 0 aromatic heterocycles. The van der Waals surface area contributed by atoms with Crippen molar-refractivity contribution >= 4 is 35.5 Å². The molecule has 0 aliphatic rings. The molecule has 0 radical (unpaired) electrons. The van der Waals surface area contributed by atoms with Gasteiger partial charge in [-0.3, -0.25) is 0 Å². The van der Waals surface area contributed by atoms with Crippen LogP contribution in [0.2, 0.25) is 0 Å². The fourth-order valence-electron chi connectivity index (χ4n) is 0.656. The molecular weight excluding hydrogens is 203 g/mol. The van der Waals surface area contributed by atoms with E-state index in [1.807, 2.05) is 6.07 Å². The van der Waals surface area contributed by atoms with Crippen molar-refractivity contribution in [2.75, 3.05) is 0 Å². The number of rotatable bonds is 2. The van der Waals surface area contributed by atoms with Crippen LogP contribution < -0.4 is 5.30 Å². The summed E-state index contributed by atoms with van der Waals surface area (Å²) in [5.74, 6) is 0. The molecule has 2 nitrogen and oxygen atoms in total. The lowest BCUT2D eigenvalue weighted by Crippen LogP contribution is -2.01. The average molecular weight is 209 g/mol. The highest BCUT2D eigenvalue weighted by atomic mass is 35.5. The van der Waals surface area contributed by atoms with Gasteiger partial charge in [0.1, 0.15) is 0 Å². The van der Waals surface area contributed by atoms with Crippen molar-refractivity contribution < 1.29 is 8.97 Å². The quantitative estimate of drug-likeness (QED) is 0.752. The molecule has 0 aliphatic carbocycles. The molecule has 0 aliphatic heterocycles. The fourth-order valence-corrected chi connectivity index (χ4v) is 1.89. The summed E-state index contributed by atoms with van der Waals surface area (Å²) < 4.78 is 4.28. The van der Waals surface area contributed by atoms with Crippen LogP contribution in [0.15, 0.2) is 30.3 Å². The summed E-state index contributed by atoms with van der Waals surface area (Å²) in [7, 11) is 0. The van der Waals surface area contributed by atoms with E-state index in [1.165, 1.54) is 0 Å². The highest BCUT2D eigenvalue weighted by Crippen LogP contribution is 2.42. The third-order valence-electron chi connectivity index (χ3n) is 1.18. The van der Waals surface area contributed by atoms with Gasteiger partial charge in [0.2, 0.25) is 6.49 Å². The van der Waals surface area contributed by atoms with Crippen molar-refractivity contribution in [3.8, 4) is 0 Å². The van der Waals surface area contributed by atoms with Gasteiger partial charge in [0.15, 0.2) is 0 Å². The highest BCUT2D eigenvalue weighted by molar-refractivity contribution is 8.13. The summed E-state index contributed by atoms with van der Waals surface area (Å²) in [5.41, 5.74) is 0. The maximum Gasteiger partial charge on any atom is 0.235 e. The second-order valence-corrected chi connectivity index (χ2v) is 5.52. The largest absolute Gasteiger partial charge is 0.341 e. The summed E-state index contributed by atoms with van der Waals surface area (Å²) in [6.45, 7) is -2.93. The molecule has 1 aromatic carbocycles. The first-order valence-electron chi connectivity index (χ1n) is 2.85. The van der Waals surface area contributed by atoms with Gasteiger partial charge in [0, 0.05) is 5.30 Å². The lowest BCUT2D eigenvalue weighted by molar-refractivity contribution is 0.524. The predicted octanol–water partition coefficient (Wildman–Crippen LogP) is 1.78. The van der Waals surface area contributed by atoms with Crippen LogP contribution in [0.1, 0.15) is 0 Å². The first-order chi connectivity index (χ1) is 5.17. The second-order valence-electron chi connectivity index (χ2n) is 1.92. The summed E-state index contributed by atoms with van der Waals surface area (Å²) in [5, 5.41) is 0.560. The van der Waals surface area contributed by atoms with E-state index in [1.54, 1.807) is 24.3 Å². The Bertz CT molecular complexity index is 277. The van der Waals surface area contributed by atoms with Crippen LogP contribution >= 0.6 is 18.4 Å². The molecule has 1 rings (SSSR count). The Kier molecular flexibility index (Phi) is 3.05. The molecule has 0 heterocycles. The van der Waals surface area contributed by atoms with Gasteiger partial charge in [0.05, 0.1) is 11.9 Å². The average Bonchev–Trinajstić information content (AvgIpc) is 2.06. The lowest BCUT2D eigenvalue weighted by Gasteiger charge is -2.08. The fraction of sp³-hybridized carbons (Fsp3) is 0. The van der Waals surface area contributed by atoms with E-state index in [-0.39, 0.29) is 0 Å². The molecular formula is C6H6ClO2PS. The Hall–Kier alpha value is 0.0800. The van der Waals surface area contributed by atoms with Crippen molar-refractivity contribution in [1.29, 1.82) is 0 Å². The van der Waals surface area contributed by atoms with Gasteiger partial charge >= 0.3 is 0 Å². The third-order valence-corrected chi connectivity index (χ3v) is 4.01. The minimum Gasteiger partial charge on any atom is -0.341 e. The monoisotopic (exact) mass is 208 g/mol. The van der Waals surface area contributed by atoms with Crippen LogP contribution in [0.5, 0.6) is 0 Å². The summed E-state index contributed by atoms with van der Waals surface area (Å²) in [6.07, 6.45) is 0. The molecule has 1 N–H and O–H groups in total. The lowest BCUT2D eigenvalue weighted by atomic mass is 10.4. The van der Waals surface area contributed by atoms with E-state index in [2.05, 4.69) is 4.08 Å². The van der Waals surface area contributed by atoms with Crippen LogP contribution in [-0.4, -0.2) is 4.89 Å². The minimum atomic E-state index is -2.93. The molecule has 0 bridgehead atoms. The molecule has 1 aromatic rings. The summed E-state index contributed by atoms with van der Waals surface area (Å²) in [6, 6.07) is 8.73. The number of benzene rings is 1. The molecule has 1 unspecified atom stereocenters. The normalized spacial score (nSPS) is 15.8. The number of halogens is 1. The minimum absolute atomic E-state index is 0.560. The Labute approximate surface area is 75.1 Å². The predicted molar refractivity (Wildman–Crippen MR) is 49.5 cm³/mol. The van der Waals surface area contributed by atoms with Gasteiger partial charge in [-0.2, -0.15) is 0 Å². The van der Waals surface area contributed by atoms with Gasteiger partial charge in [-0.15, -0.1) is 0 Å². The number of hydrogen-bond acceptors (Lipinski definition) is 2. The second kappa shape index (κ2) is 3.65. The Morgan fingerprint density at radius 3 is 2.36 bits per heavy atom. The van der Waals surface area contributed by atoms with Crippen molar-refractivity contribution in [2.45, 2.75) is 0 Å². The van der Waals surface area contributed by atoms with E-state index in [4.69, 9.17) is 23.7 Å². The Balaban J connectivity index is 3.03. The Morgan fingerprint density at radius 2 is 1.91 bits per heavy atom. The van der Waals surface area contributed by atoms with Crippen molar-refractivity contribution in [3.05, 3.63) is 30.3 Å². The first kappa shape index (κ1) is 9.17. The summed E-state index contributed by atoms with van der Waals surface area (Å²) >= 11 is 9.75. The SMILES string of the molecule is OP(=S)(OCl)c1ccccc1. The molecule has 0 amide bonds.